The maximum Gasteiger partial charge on any atom is 0.239 e. The van der Waals surface area contributed by atoms with Crippen molar-refractivity contribution in [1.29, 1.82) is 5.26 Å². The Bertz CT molecular complexity index is 1880. The lowest BCUT2D eigenvalue weighted by Crippen LogP contribution is -2.19. The molecule has 0 spiro atoms. The molecule has 0 unspecified atom stereocenters. The van der Waals surface area contributed by atoms with Crippen molar-refractivity contribution in [3.8, 4) is 6.07 Å². The molecule has 4 aromatic rings. The van der Waals surface area contributed by atoms with Crippen LogP contribution >= 0.6 is 11.9 Å². The summed E-state index contributed by atoms with van der Waals surface area (Å²) in [6, 6.07) is 25.2. The highest BCUT2D eigenvalue weighted by atomic mass is 32.2. The summed E-state index contributed by atoms with van der Waals surface area (Å²) < 4.78 is 34.7. The van der Waals surface area contributed by atoms with E-state index in [-0.39, 0.29) is 16.3 Å². The van der Waals surface area contributed by atoms with Crippen molar-refractivity contribution in [2.75, 3.05) is 9.21 Å². The second kappa shape index (κ2) is 10.9. The number of hydrogen-bond donors (Lipinski definition) is 0. The van der Waals surface area contributed by atoms with Gasteiger partial charge in [0.05, 0.1) is 11.4 Å². The Morgan fingerprint density at radius 1 is 0.786 bits per heavy atom. The molecule has 0 saturated heterocycles. The SMILES string of the molecule is N#Cc1c(F)c(SN2C3=C(CC=C=C=C3)CCc3ccccc32)nc(F)c1N1c2ccccc2CCc2ccccc21. The summed E-state index contributed by atoms with van der Waals surface area (Å²) in [5.74, 6) is -1.76. The van der Waals surface area contributed by atoms with Crippen LogP contribution in [0.1, 0.15) is 35.1 Å². The van der Waals surface area contributed by atoms with Gasteiger partial charge in [-0.1, -0.05) is 66.1 Å². The van der Waals surface area contributed by atoms with Gasteiger partial charge >= 0.3 is 0 Å². The standard InChI is InChI=1S/C35H24F2N4S/c36-32-27(22-38)33(40-28-14-7-4-11-23(28)18-19-24-12-5-8-15-29(24)40)34(37)39-35(32)42-41-30-16-3-1-2-10-25(30)20-21-26-13-6-9-17-31(26)41/h2,4-9,11-17H,10,18-21H2. The van der Waals surface area contributed by atoms with E-state index in [2.05, 4.69) is 16.4 Å². The third kappa shape index (κ3) is 4.43. The van der Waals surface area contributed by atoms with Crippen molar-refractivity contribution in [3.05, 3.63) is 142 Å². The summed E-state index contributed by atoms with van der Waals surface area (Å²) in [6.07, 6.45) is 7.54. The quantitative estimate of drug-likeness (QED) is 0.140. The molecule has 0 saturated carbocycles. The number of benzene rings is 3. The molecule has 4 nitrogen and oxygen atoms in total. The molecular formula is C35H24F2N4S. The zero-order valence-electron chi connectivity index (χ0n) is 22.6. The van der Waals surface area contributed by atoms with Gasteiger partial charge in [-0.15, -0.1) is 0 Å². The van der Waals surface area contributed by atoms with Gasteiger partial charge in [-0.2, -0.15) is 9.65 Å². The molecule has 3 aliphatic rings. The van der Waals surface area contributed by atoms with Gasteiger partial charge in [0.2, 0.25) is 5.95 Å². The second-order valence-corrected chi connectivity index (χ2v) is 11.2. The Morgan fingerprint density at radius 2 is 1.38 bits per heavy atom. The van der Waals surface area contributed by atoms with Gasteiger partial charge in [-0.25, -0.2) is 9.37 Å². The van der Waals surface area contributed by atoms with E-state index in [1.165, 1.54) is 0 Å². The molecule has 2 aliphatic heterocycles. The zero-order valence-corrected chi connectivity index (χ0v) is 23.4. The van der Waals surface area contributed by atoms with Gasteiger partial charge in [0.15, 0.2) is 10.8 Å². The summed E-state index contributed by atoms with van der Waals surface area (Å²) in [5, 5.41) is 10.1. The van der Waals surface area contributed by atoms with E-state index in [1.54, 1.807) is 4.90 Å². The molecule has 1 aromatic heterocycles. The third-order valence-corrected chi connectivity index (χ3v) is 8.93. The number of aromatic nitrogens is 1. The molecule has 0 amide bonds. The largest absolute Gasteiger partial charge is 0.305 e. The van der Waals surface area contributed by atoms with Crippen LogP contribution in [0.2, 0.25) is 0 Å². The number of anilines is 4. The zero-order chi connectivity index (χ0) is 28.6. The summed E-state index contributed by atoms with van der Waals surface area (Å²) in [6.45, 7) is 0. The number of hydrogen-bond acceptors (Lipinski definition) is 5. The first kappa shape index (κ1) is 26.1. The Morgan fingerprint density at radius 3 is 2.05 bits per heavy atom. The van der Waals surface area contributed by atoms with Crippen molar-refractivity contribution in [2.45, 2.75) is 37.1 Å². The van der Waals surface area contributed by atoms with Gasteiger partial charge in [-0.3, -0.25) is 4.31 Å². The first-order chi connectivity index (χ1) is 20.6. The summed E-state index contributed by atoms with van der Waals surface area (Å²) >= 11 is 0.983. The highest BCUT2D eigenvalue weighted by molar-refractivity contribution is 8.00. The fourth-order valence-electron chi connectivity index (χ4n) is 5.90. The minimum atomic E-state index is -0.905. The van der Waals surface area contributed by atoms with E-state index in [9.17, 15) is 5.26 Å². The van der Waals surface area contributed by atoms with Crippen LogP contribution in [0.25, 0.3) is 0 Å². The summed E-state index contributed by atoms with van der Waals surface area (Å²) in [4.78, 5) is 5.85. The minimum Gasteiger partial charge on any atom is -0.305 e. The van der Waals surface area contributed by atoms with E-state index in [1.807, 2.05) is 95.3 Å². The van der Waals surface area contributed by atoms with Crippen molar-refractivity contribution in [1.82, 2.24) is 4.98 Å². The predicted octanol–water partition coefficient (Wildman–Crippen LogP) is 8.78. The molecular weight excluding hydrogens is 546 g/mol. The molecule has 1 aliphatic carbocycles. The number of rotatable bonds is 3. The van der Waals surface area contributed by atoms with Crippen LogP contribution in [-0.4, -0.2) is 4.98 Å². The number of nitriles is 1. The van der Waals surface area contributed by atoms with Crippen LogP contribution in [0, 0.1) is 23.1 Å². The van der Waals surface area contributed by atoms with Crippen LogP contribution < -0.4 is 9.21 Å². The molecule has 7 heteroatoms. The smallest absolute Gasteiger partial charge is 0.239 e. The monoisotopic (exact) mass is 570 g/mol. The van der Waals surface area contributed by atoms with Gasteiger partial charge in [0.1, 0.15) is 17.3 Å². The molecule has 3 heterocycles. The number of para-hydroxylation sites is 3. The summed E-state index contributed by atoms with van der Waals surface area (Å²) in [5.41, 5.74) is 12.8. The maximum absolute atomic E-state index is 16.5. The molecule has 3 aromatic carbocycles. The number of aryl methyl sites for hydroxylation is 3. The lowest BCUT2D eigenvalue weighted by molar-refractivity contribution is 0.529. The molecule has 7 rings (SSSR count). The van der Waals surface area contributed by atoms with Crippen LogP contribution in [0.15, 0.2) is 113 Å². The van der Waals surface area contributed by atoms with Crippen LogP contribution in [0.3, 0.4) is 0 Å². The van der Waals surface area contributed by atoms with Gasteiger partial charge < -0.3 is 4.90 Å². The van der Waals surface area contributed by atoms with E-state index in [0.717, 1.165) is 71.3 Å². The second-order valence-electron chi connectivity index (χ2n) is 10.3. The number of allylic oxidation sites excluding steroid dienone is 3. The van der Waals surface area contributed by atoms with E-state index in [0.29, 0.717) is 17.8 Å². The molecule has 0 radical (unpaired) electrons. The fourth-order valence-corrected chi connectivity index (χ4v) is 6.93. The topological polar surface area (TPSA) is 43.2 Å². The Kier molecular flexibility index (Phi) is 6.74. The normalized spacial score (nSPS) is 15.2. The average Bonchev–Trinajstić information content (AvgIpc) is 3.41. The van der Waals surface area contributed by atoms with Crippen LogP contribution in [-0.2, 0) is 19.3 Å². The average molecular weight is 571 g/mol. The first-order valence-electron chi connectivity index (χ1n) is 13.8. The number of pyridine rings is 1. The van der Waals surface area contributed by atoms with Crippen molar-refractivity contribution < 1.29 is 8.78 Å². The maximum atomic E-state index is 16.5. The Balaban J connectivity index is 1.40. The Labute approximate surface area is 247 Å². The van der Waals surface area contributed by atoms with Gasteiger partial charge in [0, 0.05) is 29.4 Å². The summed E-state index contributed by atoms with van der Waals surface area (Å²) in [7, 11) is 0. The van der Waals surface area contributed by atoms with Crippen molar-refractivity contribution >= 4 is 34.7 Å². The first-order valence-corrected chi connectivity index (χ1v) is 14.6. The molecule has 42 heavy (non-hydrogen) atoms. The van der Waals surface area contributed by atoms with E-state index >= 15 is 8.78 Å². The molecule has 0 bridgehead atoms. The van der Waals surface area contributed by atoms with Gasteiger partial charge in [0.25, 0.3) is 0 Å². The highest BCUT2D eigenvalue weighted by Gasteiger charge is 2.32. The Hall–Kier alpha value is -4.85. The molecule has 0 N–H and O–H groups in total. The predicted molar refractivity (Wildman–Crippen MR) is 162 cm³/mol. The lowest BCUT2D eigenvalue weighted by atomic mass is 10.0. The lowest BCUT2D eigenvalue weighted by Gasteiger charge is -2.29. The highest BCUT2D eigenvalue weighted by Crippen LogP contribution is 2.46. The van der Waals surface area contributed by atoms with E-state index < -0.39 is 11.8 Å². The van der Waals surface area contributed by atoms with E-state index in [4.69, 9.17) is 0 Å². The number of halogens is 2. The minimum absolute atomic E-state index is 0.182. The van der Waals surface area contributed by atoms with Crippen LogP contribution in [0.5, 0.6) is 0 Å². The molecule has 0 fully saturated rings. The third-order valence-electron chi connectivity index (χ3n) is 7.91. The number of fused-ring (bicyclic) bond motifs is 3. The fraction of sp³-hybridized carbons (Fsp3) is 0.143. The van der Waals surface area contributed by atoms with Gasteiger partial charge in [-0.05, 0) is 78.6 Å². The molecule has 204 valence electrons. The van der Waals surface area contributed by atoms with Crippen molar-refractivity contribution in [2.24, 2.45) is 0 Å². The van der Waals surface area contributed by atoms with Crippen molar-refractivity contribution in [3.63, 3.8) is 0 Å². The molecule has 0 atom stereocenters. The number of nitrogens with zero attached hydrogens (tertiary/aromatic N) is 4. The van der Waals surface area contributed by atoms with Crippen LogP contribution in [0.4, 0.5) is 31.5 Å².